The van der Waals surface area contributed by atoms with Crippen LogP contribution in [0, 0.1) is 0 Å². The molecule has 0 bridgehead atoms. The summed E-state index contributed by atoms with van der Waals surface area (Å²) in [6, 6.07) is 11.4. The fourth-order valence-corrected chi connectivity index (χ4v) is 2.81. The van der Waals surface area contributed by atoms with Gasteiger partial charge in [0, 0.05) is 49.8 Å². The first-order chi connectivity index (χ1) is 11.7. The number of amides is 3. The highest BCUT2D eigenvalue weighted by molar-refractivity contribution is 5.89. The molecule has 0 atom stereocenters. The molecule has 1 fully saturated rings. The Morgan fingerprint density at radius 1 is 1.12 bits per heavy atom. The molecule has 1 aliphatic rings. The topological polar surface area (TPSA) is 66.4 Å². The number of rotatable bonds is 6. The average molecular weight is 326 g/mol. The molecular weight excluding hydrogens is 304 g/mol. The predicted octanol–water partition coefficient (Wildman–Crippen LogP) is 2.61. The summed E-state index contributed by atoms with van der Waals surface area (Å²) in [5.41, 5.74) is 1.79. The maximum absolute atomic E-state index is 11.9. The first-order valence-electron chi connectivity index (χ1n) is 8.28. The number of nitrogens with zero attached hydrogens (tertiary/aromatic N) is 2. The van der Waals surface area contributed by atoms with Gasteiger partial charge in [0.15, 0.2) is 0 Å². The first kappa shape index (κ1) is 16.1. The van der Waals surface area contributed by atoms with Crippen molar-refractivity contribution in [1.29, 1.82) is 0 Å². The molecule has 2 aromatic rings. The smallest absolute Gasteiger partial charge is 0.319 e. The number of likely N-dealkylation sites (tertiary alicyclic amines) is 1. The highest BCUT2D eigenvalue weighted by atomic mass is 16.2. The molecular formula is C18H22N4O2. The second-order valence-corrected chi connectivity index (χ2v) is 5.86. The Hall–Kier alpha value is -2.76. The van der Waals surface area contributed by atoms with E-state index in [-0.39, 0.29) is 11.9 Å². The maximum Gasteiger partial charge on any atom is 0.319 e. The fraction of sp³-hybridized carbons (Fsp3) is 0.333. The minimum Gasteiger partial charge on any atom is -0.343 e. The van der Waals surface area contributed by atoms with Gasteiger partial charge in [0.1, 0.15) is 0 Å². The summed E-state index contributed by atoms with van der Waals surface area (Å²) in [7, 11) is 0. The van der Waals surface area contributed by atoms with E-state index < -0.39 is 0 Å². The Labute approximate surface area is 141 Å². The van der Waals surface area contributed by atoms with Crippen molar-refractivity contribution in [1.82, 2.24) is 14.8 Å². The molecule has 1 saturated heterocycles. The number of hydrogen-bond donors (Lipinski definition) is 2. The van der Waals surface area contributed by atoms with Crippen molar-refractivity contribution in [2.24, 2.45) is 0 Å². The molecule has 0 unspecified atom stereocenters. The van der Waals surface area contributed by atoms with Gasteiger partial charge in [-0.25, -0.2) is 4.79 Å². The van der Waals surface area contributed by atoms with E-state index in [9.17, 15) is 9.59 Å². The number of urea groups is 1. The average Bonchev–Trinajstić information content (AvgIpc) is 3.24. The summed E-state index contributed by atoms with van der Waals surface area (Å²) in [6.07, 6.45) is 6.32. The van der Waals surface area contributed by atoms with E-state index in [0.717, 1.165) is 30.8 Å². The van der Waals surface area contributed by atoms with Crippen LogP contribution in [0.4, 0.5) is 10.5 Å². The molecule has 3 amide bonds. The second kappa shape index (κ2) is 7.68. The first-order valence-corrected chi connectivity index (χ1v) is 8.28. The van der Waals surface area contributed by atoms with E-state index >= 15 is 0 Å². The monoisotopic (exact) mass is 326 g/mol. The van der Waals surface area contributed by atoms with Crippen LogP contribution in [0.3, 0.4) is 0 Å². The van der Waals surface area contributed by atoms with Crippen molar-refractivity contribution < 1.29 is 9.59 Å². The van der Waals surface area contributed by atoms with E-state index in [0.29, 0.717) is 19.5 Å². The summed E-state index contributed by atoms with van der Waals surface area (Å²) >= 11 is 0. The zero-order valence-corrected chi connectivity index (χ0v) is 13.6. The van der Waals surface area contributed by atoms with Gasteiger partial charge >= 0.3 is 6.03 Å². The number of hydrogen-bond acceptors (Lipinski definition) is 2. The van der Waals surface area contributed by atoms with Crippen LogP contribution in [-0.4, -0.2) is 41.0 Å². The van der Waals surface area contributed by atoms with Crippen LogP contribution in [0.2, 0.25) is 0 Å². The van der Waals surface area contributed by atoms with Crippen LogP contribution in [-0.2, 0) is 4.79 Å². The molecule has 2 N–H and O–H groups in total. The van der Waals surface area contributed by atoms with Crippen molar-refractivity contribution in [3.05, 3.63) is 48.8 Å². The Morgan fingerprint density at radius 2 is 1.88 bits per heavy atom. The van der Waals surface area contributed by atoms with Gasteiger partial charge in [-0.2, -0.15) is 0 Å². The highest BCUT2D eigenvalue weighted by Crippen LogP contribution is 2.13. The quantitative estimate of drug-likeness (QED) is 0.801. The van der Waals surface area contributed by atoms with Crippen molar-refractivity contribution in [2.45, 2.75) is 19.3 Å². The number of carbonyl (C=O) groups is 2. The van der Waals surface area contributed by atoms with Gasteiger partial charge in [-0.05, 0) is 49.2 Å². The standard InChI is InChI=1S/C18H22N4O2/c23-17-5-3-13-22(17)14-4-10-19-18(24)20-15-6-8-16(9-7-15)21-11-1-2-12-21/h1-2,6-9,11-12H,3-5,10,13-14H2,(H2,19,20,24). The largest absolute Gasteiger partial charge is 0.343 e. The summed E-state index contributed by atoms with van der Waals surface area (Å²) in [6.45, 7) is 2.11. The molecule has 6 nitrogen and oxygen atoms in total. The van der Waals surface area contributed by atoms with E-state index in [1.165, 1.54) is 0 Å². The summed E-state index contributed by atoms with van der Waals surface area (Å²) < 4.78 is 2.00. The fourth-order valence-electron chi connectivity index (χ4n) is 2.81. The normalized spacial score (nSPS) is 14.0. The summed E-state index contributed by atoms with van der Waals surface area (Å²) in [4.78, 5) is 25.2. The lowest BCUT2D eigenvalue weighted by Crippen LogP contribution is -2.33. The van der Waals surface area contributed by atoms with Gasteiger partial charge in [-0.1, -0.05) is 0 Å². The van der Waals surface area contributed by atoms with E-state index in [1.54, 1.807) is 0 Å². The van der Waals surface area contributed by atoms with Gasteiger partial charge in [0.25, 0.3) is 0 Å². The number of nitrogens with one attached hydrogen (secondary N) is 2. The molecule has 3 rings (SSSR count). The third kappa shape index (κ3) is 4.16. The number of benzene rings is 1. The Bertz CT molecular complexity index is 680. The van der Waals surface area contributed by atoms with Crippen LogP contribution < -0.4 is 10.6 Å². The van der Waals surface area contributed by atoms with Crippen molar-refractivity contribution >= 4 is 17.6 Å². The zero-order chi connectivity index (χ0) is 16.8. The third-order valence-corrected chi connectivity index (χ3v) is 4.09. The highest BCUT2D eigenvalue weighted by Gasteiger charge is 2.18. The molecule has 1 aromatic heterocycles. The van der Waals surface area contributed by atoms with Gasteiger partial charge in [0.2, 0.25) is 5.91 Å². The third-order valence-electron chi connectivity index (χ3n) is 4.09. The van der Waals surface area contributed by atoms with Crippen LogP contribution in [0.5, 0.6) is 0 Å². The minimum atomic E-state index is -0.225. The second-order valence-electron chi connectivity index (χ2n) is 5.86. The molecule has 1 aliphatic heterocycles. The maximum atomic E-state index is 11.9. The lowest BCUT2D eigenvalue weighted by molar-refractivity contribution is -0.127. The Balaban J connectivity index is 1.39. The molecule has 1 aromatic carbocycles. The lowest BCUT2D eigenvalue weighted by atomic mass is 10.3. The summed E-state index contributed by atoms with van der Waals surface area (Å²) in [5, 5.41) is 5.63. The van der Waals surface area contributed by atoms with Crippen molar-refractivity contribution in [3.63, 3.8) is 0 Å². The number of carbonyl (C=O) groups excluding carboxylic acids is 2. The Morgan fingerprint density at radius 3 is 2.54 bits per heavy atom. The SMILES string of the molecule is O=C(NCCCN1CCCC1=O)Nc1ccc(-n2cccc2)cc1. The molecule has 0 saturated carbocycles. The lowest BCUT2D eigenvalue weighted by Gasteiger charge is -2.15. The van der Waals surface area contributed by atoms with Crippen LogP contribution >= 0.6 is 0 Å². The van der Waals surface area contributed by atoms with Crippen LogP contribution in [0.15, 0.2) is 48.8 Å². The minimum absolute atomic E-state index is 0.224. The molecule has 126 valence electrons. The predicted molar refractivity (Wildman–Crippen MR) is 93.2 cm³/mol. The van der Waals surface area contributed by atoms with Gasteiger partial charge in [0.05, 0.1) is 0 Å². The van der Waals surface area contributed by atoms with Crippen molar-refractivity contribution in [3.8, 4) is 5.69 Å². The molecule has 2 heterocycles. The van der Waals surface area contributed by atoms with Gasteiger partial charge < -0.3 is 20.1 Å². The van der Waals surface area contributed by atoms with Crippen LogP contribution in [0.1, 0.15) is 19.3 Å². The van der Waals surface area contributed by atoms with E-state index in [1.807, 2.05) is 58.3 Å². The number of anilines is 1. The van der Waals surface area contributed by atoms with Gasteiger partial charge in [-0.3, -0.25) is 4.79 Å². The van der Waals surface area contributed by atoms with Crippen molar-refractivity contribution in [2.75, 3.05) is 25.0 Å². The summed E-state index contributed by atoms with van der Waals surface area (Å²) in [5.74, 6) is 0.224. The molecule has 0 radical (unpaired) electrons. The van der Waals surface area contributed by atoms with E-state index in [2.05, 4.69) is 10.6 Å². The molecule has 24 heavy (non-hydrogen) atoms. The molecule has 0 spiro atoms. The molecule has 6 heteroatoms. The molecule has 0 aliphatic carbocycles. The number of aromatic nitrogens is 1. The Kier molecular flexibility index (Phi) is 5.15. The van der Waals surface area contributed by atoms with E-state index in [4.69, 9.17) is 0 Å². The van der Waals surface area contributed by atoms with Crippen LogP contribution in [0.25, 0.3) is 5.69 Å². The van der Waals surface area contributed by atoms with Gasteiger partial charge in [-0.15, -0.1) is 0 Å². The zero-order valence-electron chi connectivity index (χ0n) is 13.6.